The molecule has 0 radical (unpaired) electrons. The second kappa shape index (κ2) is 5.97. The molecule has 0 aliphatic rings. The molecule has 0 heterocycles. The summed E-state index contributed by atoms with van der Waals surface area (Å²) in [5, 5.41) is 11.2. The molecule has 0 spiro atoms. The molecule has 0 atom stereocenters. The van der Waals surface area contributed by atoms with Crippen molar-refractivity contribution >= 4 is 49.8 Å². The average Bonchev–Trinajstić information content (AvgIpc) is 2.21. The van der Waals surface area contributed by atoms with Crippen molar-refractivity contribution in [2.45, 2.75) is 6.92 Å². The van der Waals surface area contributed by atoms with Crippen LogP contribution in [0.3, 0.4) is 0 Å². The van der Waals surface area contributed by atoms with E-state index in [9.17, 15) is 9.59 Å². The van der Waals surface area contributed by atoms with Gasteiger partial charge in [-0.3, -0.25) is 4.79 Å². The molecule has 2 N–H and O–H groups in total. The third kappa shape index (κ3) is 4.32. The summed E-state index contributed by atoms with van der Waals surface area (Å²) < 4.78 is 1.67. The van der Waals surface area contributed by atoms with Crippen molar-refractivity contribution in [1.82, 2.24) is 5.32 Å². The summed E-state index contributed by atoms with van der Waals surface area (Å²) >= 11 is 6.62. The summed E-state index contributed by atoms with van der Waals surface area (Å²) in [6.07, 6.45) is 1.39. The van der Waals surface area contributed by atoms with Gasteiger partial charge in [0.1, 0.15) is 5.70 Å². The van der Waals surface area contributed by atoms with Crippen LogP contribution < -0.4 is 5.32 Å². The lowest BCUT2D eigenvalue weighted by Gasteiger charge is -2.04. The molecular weight excluding hydrogens is 354 g/mol. The van der Waals surface area contributed by atoms with Crippen LogP contribution in [0.1, 0.15) is 12.5 Å². The highest BCUT2D eigenvalue weighted by molar-refractivity contribution is 9.13. The van der Waals surface area contributed by atoms with Gasteiger partial charge in [0.25, 0.3) is 0 Å². The fraction of sp³-hybridized carbons (Fsp3) is 0.0909. The first-order valence-corrected chi connectivity index (χ1v) is 6.16. The van der Waals surface area contributed by atoms with Crippen LogP contribution in [0.2, 0.25) is 0 Å². The third-order valence-electron chi connectivity index (χ3n) is 1.80. The number of hydrogen-bond acceptors (Lipinski definition) is 2. The van der Waals surface area contributed by atoms with E-state index in [2.05, 4.69) is 37.2 Å². The largest absolute Gasteiger partial charge is 0.477 e. The fourth-order valence-electron chi connectivity index (χ4n) is 1.11. The molecule has 1 rings (SSSR count). The molecule has 0 fully saturated rings. The van der Waals surface area contributed by atoms with Crippen molar-refractivity contribution in [3.05, 3.63) is 38.4 Å². The van der Waals surface area contributed by atoms with Gasteiger partial charge >= 0.3 is 5.97 Å². The summed E-state index contributed by atoms with van der Waals surface area (Å²) in [7, 11) is 0. The van der Waals surface area contributed by atoms with Crippen molar-refractivity contribution in [1.29, 1.82) is 0 Å². The number of halogens is 2. The van der Waals surface area contributed by atoms with E-state index >= 15 is 0 Å². The van der Waals surface area contributed by atoms with Gasteiger partial charge in [0.05, 0.1) is 0 Å². The van der Waals surface area contributed by atoms with Crippen LogP contribution in [0.4, 0.5) is 0 Å². The predicted molar refractivity (Wildman–Crippen MR) is 71.3 cm³/mol. The van der Waals surface area contributed by atoms with E-state index in [1.165, 1.54) is 13.0 Å². The maximum absolute atomic E-state index is 10.9. The Labute approximate surface area is 115 Å². The quantitative estimate of drug-likeness (QED) is 0.812. The monoisotopic (exact) mass is 361 g/mol. The molecule has 1 aromatic carbocycles. The lowest BCUT2D eigenvalue weighted by atomic mass is 10.2. The summed E-state index contributed by atoms with van der Waals surface area (Å²) in [5.41, 5.74) is 0.512. The van der Waals surface area contributed by atoms with Gasteiger partial charge in [-0.15, -0.1) is 0 Å². The van der Waals surface area contributed by atoms with Crippen molar-refractivity contribution in [2.75, 3.05) is 0 Å². The van der Waals surface area contributed by atoms with Gasteiger partial charge in [0.15, 0.2) is 0 Å². The molecular formula is C11H9Br2NO3. The SMILES string of the molecule is CC(=O)N/C(=C/c1ccc(Br)c(Br)c1)C(=O)O. The Balaban J connectivity index is 3.08. The number of carbonyl (C=O) groups excluding carboxylic acids is 1. The van der Waals surface area contributed by atoms with Crippen LogP contribution in [0, 0.1) is 0 Å². The molecule has 0 unspecified atom stereocenters. The molecule has 0 aliphatic carbocycles. The van der Waals surface area contributed by atoms with Gasteiger partial charge in [-0.2, -0.15) is 0 Å². The van der Waals surface area contributed by atoms with Crippen LogP contribution in [0.15, 0.2) is 32.8 Å². The van der Waals surface area contributed by atoms with Crippen molar-refractivity contribution in [3.8, 4) is 0 Å². The number of benzene rings is 1. The fourth-order valence-corrected chi connectivity index (χ4v) is 1.75. The number of rotatable bonds is 3. The standard InChI is InChI=1S/C11H9Br2NO3/c1-6(15)14-10(11(16)17)5-7-2-3-8(12)9(13)4-7/h2-5H,1H3,(H,14,15)(H,16,17)/b10-5+. The van der Waals surface area contributed by atoms with E-state index in [1.807, 2.05) is 0 Å². The Morgan fingerprint density at radius 3 is 2.41 bits per heavy atom. The van der Waals surface area contributed by atoms with Crippen LogP contribution in [0.5, 0.6) is 0 Å². The van der Waals surface area contributed by atoms with Crippen molar-refractivity contribution in [2.24, 2.45) is 0 Å². The highest BCUT2D eigenvalue weighted by atomic mass is 79.9. The number of carboxylic acid groups (broad SMARTS) is 1. The number of hydrogen-bond donors (Lipinski definition) is 2. The molecule has 0 aromatic heterocycles. The minimum atomic E-state index is -1.18. The van der Waals surface area contributed by atoms with E-state index in [0.29, 0.717) is 5.56 Å². The Bertz CT molecular complexity index is 497. The second-order valence-electron chi connectivity index (χ2n) is 3.22. The molecule has 90 valence electrons. The van der Waals surface area contributed by atoms with E-state index in [1.54, 1.807) is 18.2 Å². The highest BCUT2D eigenvalue weighted by Gasteiger charge is 2.09. The second-order valence-corrected chi connectivity index (χ2v) is 4.93. The van der Waals surface area contributed by atoms with E-state index in [0.717, 1.165) is 8.95 Å². The van der Waals surface area contributed by atoms with Gasteiger partial charge in [0.2, 0.25) is 5.91 Å². The molecule has 0 bridgehead atoms. The van der Waals surface area contributed by atoms with E-state index in [4.69, 9.17) is 5.11 Å². The molecule has 17 heavy (non-hydrogen) atoms. The minimum absolute atomic E-state index is 0.160. The van der Waals surface area contributed by atoms with Gasteiger partial charge in [-0.05, 0) is 55.6 Å². The lowest BCUT2D eigenvalue weighted by molar-refractivity contribution is -0.134. The number of amides is 1. The Morgan fingerprint density at radius 1 is 1.29 bits per heavy atom. The van der Waals surface area contributed by atoms with E-state index < -0.39 is 11.9 Å². The molecule has 4 nitrogen and oxygen atoms in total. The van der Waals surface area contributed by atoms with Crippen molar-refractivity contribution in [3.63, 3.8) is 0 Å². The number of carbonyl (C=O) groups is 2. The zero-order chi connectivity index (χ0) is 13.0. The summed E-state index contributed by atoms with van der Waals surface area (Å²) in [6, 6.07) is 5.26. The van der Waals surface area contributed by atoms with Crippen LogP contribution in [-0.2, 0) is 9.59 Å². The first-order valence-electron chi connectivity index (χ1n) is 4.58. The zero-order valence-electron chi connectivity index (χ0n) is 8.83. The highest BCUT2D eigenvalue weighted by Crippen LogP contribution is 2.24. The minimum Gasteiger partial charge on any atom is -0.477 e. The maximum Gasteiger partial charge on any atom is 0.352 e. The summed E-state index contributed by atoms with van der Waals surface area (Å²) in [6.45, 7) is 1.26. The predicted octanol–water partition coefficient (Wildman–Crippen LogP) is 2.77. The Kier molecular flexibility index (Phi) is 4.89. The van der Waals surface area contributed by atoms with Crippen LogP contribution >= 0.6 is 31.9 Å². The molecule has 0 aliphatic heterocycles. The number of carboxylic acids is 1. The van der Waals surface area contributed by atoms with E-state index in [-0.39, 0.29) is 5.70 Å². The number of nitrogens with one attached hydrogen (secondary N) is 1. The maximum atomic E-state index is 10.9. The smallest absolute Gasteiger partial charge is 0.352 e. The molecule has 1 amide bonds. The topological polar surface area (TPSA) is 66.4 Å². The summed E-state index contributed by atoms with van der Waals surface area (Å²) in [5.74, 6) is -1.60. The molecule has 0 saturated carbocycles. The number of aliphatic carboxylic acids is 1. The third-order valence-corrected chi connectivity index (χ3v) is 3.68. The zero-order valence-corrected chi connectivity index (χ0v) is 12.0. The van der Waals surface area contributed by atoms with Gasteiger partial charge < -0.3 is 10.4 Å². The first-order chi connectivity index (χ1) is 7.90. The molecule has 1 aromatic rings. The van der Waals surface area contributed by atoms with Gasteiger partial charge in [-0.1, -0.05) is 6.07 Å². The van der Waals surface area contributed by atoms with Crippen LogP contribution in [0.25, 0.3) is 6.08 Å². The Morgan fingerprint density at radius 2 is 1.94 bits per heavy atom. The molecule has 0 saturated heterocycles. The lowest BCUT2D eigenvalue weighted by Crippen LogP contribution is -2.24. The van der Waals surface area contributed by atoms with Crippen molar-refractivity contribution < 1.29 is 14.7 Å². The average molecular weight is 363 g/mol. The Hall–Kier alpha value is -1.14. The first kappa shape index (κ1) is 13.9. The molecule has 6 heteroatoms. The van der Waals surface area contributed by atoms with Gasteiger partial charge in [-0.25, -0.2) is 4.79 Å². The normalized spacial score (nSPS) is 11.1. The van der Waals surface area contributed by atoms with Crippen LogP contribution in [-0.4, -0.2) is 17.0 Å². The summed E-state index contributed by atoms with van der Waals surface area (Å²) in [4.78, 5) is 21.7. The van der Waals surface area contributed by atoms with Gasteiger partial charge in [0, 0.05) is 15.9 Å².